The van der Waals surface area contributed by atoms with Gasteiger partial charge >= 0.3 is 25.7 Å². The number of nitrogens with two attached hydrogens (primary N) is 1. The van der Waals surface area contributed by atoms with E-state index in [-0.39, 0.29) is 19.4 Å². The zero-order valence-electron chi connectivity index (χ0n) is 34.3. The van der Waals surface area contributed by atoms with Crippen molar-refractivity contribution in [1.29, 1.82) is 0 Å². The maximum Gasteiger partial charge on any atom is 0.472 e. The Morgan fingerprint density at radius 3 is 1.37 bits per heavy atom. The van der Waals surface area contributed by atoms with Gasteiger partial charge in [-0.2, -0.15) is 0 Å². The summed E-state index contributed by atoms with van der Waals surface area (Å²) in [7, 11) is -4.71. The largest absolute Gasteiger partial charge is 0.480 e. The topological polar surface area (TPSA) is 172 Å². The Labute approximate surface area is 328 Å². The van der Waals surface area contributed by atoms with E-state index < -0.39 is 51.1 Å². The van der Waals surface area contributed by atoms with Crippen LogP contribution in [-0.4, -0.2) is 59.9 Å². The van der Waals surface area contributed by atoms with Crippen LogP contribution in [0.4, 0.5) is 0 Å². The van der Waals surface area contributed by atoms with Gasteiger partial charge in [0.2, 0.25) is 0 Å². The van der Waals surface area contributed by atoms with Crippen LogP contribution in [0.5, 0.6) is 0 Å². The van der Waals surface area contributed by atoms with Crippen LogP contribution in [0.15, 0.2) is 12.2 Å². The molecule has 0 aromatic heterocycles. The Morgan fingerprint density at radius 1 is 0.556 bits per heavy atom. The molecular formula is C42H80NO10P. The molecule has 0 radical (unpaired) electrons. The minimum absolute atomic E-state index is 0.166. The standard InChI is InChI=1S/C42H80NO10P/c1-3-5-7-9-11-13-15-17-19-21-23-25-27-29-31-33-40(44)50-35-38(36-51-54(48,49)52-37-39(43)42(46)47)53-41(45)34-32-30-28-26-24-22-20-18-16-14-12-10-8-6-4-2/h13,15,38-39H,3-12,14,16-37,43H2,1-2H3,(H,46,47)(H,48,49). The lowest BCUT2D eigenvalue weighted by atomic mass is 10.0. The summed E-state index contributed by atoms with van der Waals surface area (Å²) in [6.07, 6.45) is 37.0. The van der Waals surface area contributed by atoms with E-state index in [9.17, 15) is 23.8 Å². The number of carboxylic acids is 1. The minimum atomic E-state index is -4.71. The summed E-state index contributed by atoms with van der Waals surface area (Å²) < 4.78 is 32.7. The van der Waals surface area contributed by atoms with Crippen molar-refractivity contribution in [1.82, 2.24) is 0 Å². The van der Waals surface area contributed by atoms with Gasteiger partial charge in [0.1, 0.15) is 12.6 Å². The molecule has 0 rings (SSSR count). The molecule has 0 fully saturated rings. The fourth-order valence-electron chi connectivity index (χ4n) is 6.06. The molecule has 11 nitrogen and oxygen atoms in total. The van der Waals surface area contributed by atoms with Gasteiger partial charge in [-0.3, -0.25) is 23.4 Å². The smallest absolute Gasteiger partial charge is 0.472 e. The molecular weight excluding hydrogens is 709 g/mol. The Morgan fingerprint density at radius 2 is 0.926 bits per heavy atom. The molecule has 0 amide bonds. The predicted octanol–water partition coefficient (Wildman–Crippen LogP) is 11.3. The number of hydrogen-bond acceptors (Lipinski definition) is 9. The molecule has 0 bridgehead atoms. The van der Waals surface area contributed by atoms with Crippen molar-refractivity contribution in [3.63, 3.8) is 0 Å². The van der Waals surface area contributed by atoms with Crippen LogP contribution >= 0.6 is 7.82 Å². The van der Waals surface area contributed by atoms with Crippen molar-refractivity contribution in [2.45, 2.75) is 219 Å². The number of allylic oxidation sites excluding steroid dienone is 2. The molecule has 0 aliphatic rings. The number of esters is 2. The van der Waals surface area contributed by atoms with E-state index in [0.29, 0.717) is 12.8 Å². The van der Waals surface area contributed by atoms with Gasteiger partial charge in [0, 0.05) is 12.8 Å². The van der Waals surface area contributed by atoms with E-state index in [4.69, 9.17) is 24.8 Å². The van der Waals surface area contributed by atoms with Gasteiger partial charge in [-0.1, -0.05) is 167 Å². The Hall–Kier alpha value is -1.78. The summed E-state index contributed by atoms with van der Waals surface area (Å²) in [5.41, 5.74) is 5.33. The third-order valence-electron chi connectivity index (χ3n) is 9.51. The van der Waals surface area contributed by atoms with Crippen LogP contribution < -0.4 is 5.73 Å². The van der Waals surface area contributed by atoms with E-state index >= 15 is 0 Å². The van der Waals surface area contributed by atoms with Crippen molar-refractivity contribution < 1.29 is 47.5 Å². The first-order chi connectivity index (χ1) is 26.1. The molecule has 3 atom stereocenters. The van der Waals surface area contributed by atoms with Crippen LogP contribution in [0, 0.1) is 0 Å². The lowest BCUT2D eigenvalue weighted by molar-refractivity contribution is -0.161. The molecule has 0 saturated heterocycles. The van der Waals surface area contributed by atoms with E-state index in [1.807, 2.05) is 0 Å². The van der Waals surface area contributed by atoms with Gasteiger partial charge < -0.3 is 25.2 Å². The molecule has 4 N–H and O–H groups in total. The van der Waals surface area contributed by atoms with Crippen LogP contribution in [0.25, 0.3) is 0 Å². The molecule has 0 aliphatic carbocycles. The van der Waals surface area contributed by atoms with Gasteiger partial charge in [0.25, 0.3) is 0 Å². The van der Waals surface area contributed by atoms with Crippen molar-refractivity contribution in [3.05, 3.63) is 12.2 Å². The van der Waals surface area contributed by atoms with Gasteiger partial charge in [-0.15, -0.1) is 0 Å². The van der Waals surface area contributed by atoms with Crippen molar-refractivity contribution >= 4 is 25.7 Å². The summed E-state index contributed by atoms with van der Waals surface area (Å²) in [4.78, 5) is 45.9. The number of phosphoric acid groups is 1. The molecule has 0 aromatic rings. The molecule has 318 valence electrons. The molecule has 54 heavy (non-hydrogen) atoms. The van der Waals surface area contributed by atoms with Crippen LogP contribution in [0.1, 0.15) is 206 Å². The summed E-state index contributed by atoms with van der Waals surface area (Å²) in [6, 6.07) is -1.52. The Balaban J connectivity index is 4.34. The second-order valence-corrected chi connectivity index (χ2v) is 16.3. The van der Waals surface area contributed by atoms with Crippen molar-refractivity contribution in [2.24, 2.45) is 5.73 Å². The zero-order chi connectivity index (χ0) is 40.0. The quantitative estimate of drug-likeness (QED) is 0.0233. The lowest BCUT2D eigenvalue weighted by Gasteiger charge is -2.20. The van der Waals surface area contributed by atoms with E-state index in [1.165, 1.54) is 122 Å². The number of carbonyl (C=O) groups is 3. The molecule has 12 heteroatoms. The number of rotatable bonds is 41. The van der Waals surface area contributed by atoms with Gasteiger partial charge in [0.15, 0.2) is 6.10 Å². The SMILES string of the molecule is CCCCCCC=CCCCCCCCCCC(=O)OCC(COP(=O)(O)OCC(N)C(=O)O)OC(=O)CCCCCCCCCCCCCCCCC. The second kappa shape index (κ2) is 38.1. The van der Waals surface area contributed by atoms with Crippen molar-refractivity contribution in [3.8, 4) is 0 Å². The van der Waals surface area contributed by atoms with Crippen LogP contribution in [0.2, 0.25) is 0 Å². The number of ether oxygens (including phenoxy) is 2. The van der Waals surface area contributed by atoms with Gasteiger partial charge in [0.05, 0.1) is 13.2 Å². The molecule has 0 aliphatic heterocycles. The first kappa shape index (κ1) is 52.2. The first-order valence-corrected chi connectivity index (χ1v) is 23.2. The number of aliphatic carboxylic acids is 1. The maximum absolute atomic E-state index is 12.6. The minimum Gasteiger partial charge on any atom is -0.480 e. The Bertz CT molecular complexity index is 979. The number of carboxylic acid groups (broad SMARTS) is 1. The van der Waals surface area contributed by atoms with E-state index in [0.717, 1.165) is 44.9 Å². The predicted molar refractivity (Wildman–Crippen MR) is 217 cm³/mol. The normalized spacial score (nSPS) is 13.9. The highest BCUT2D eigenvalue weighted by atomic mass is 31.2. The number of hydrogen-bond donors (Lipinski definition) is 3. The van der Waals surface area contributed by atoms with Gasteiger partial charge in [-0.25, -0.2) is 4.57 Å². The average Bonchev–Trinajstić information content (AvgIpc) is 3.14. The van der Waals surface area contributed by atoms with E-state index in [1.54, 1.807) is 0 Å². The fourth-order valence-corrected chi connectivity index (χ4v) is 6.84. The Kier molecular flexibility index (Phi) is 36.9. The number of unbranched alkanes of at least 4 members (excludes halogenated alkanes) is 25. The first-order valence-electron chi connectivity index (χ1n) is 21.7. The zero-order valence-corrected chi connectivity index (χ0v) is 35.2. The molecule has 0 saturated carbocycles. The molecule has 0 heterocycles. The second-order valence-electron chi connectivity index (χ2n) is 14.8. The lowest BCUT2D eigenvalue weighted by Crippen LogP contribution is -2.34. The monoisotopic (exact) mass is 790 g/mol. The molecule has 3 unspecified atom stereocenters. The highest BCUT2D eigenvalue weighted by Crippen LogP contribution is 2.43. The average molecular weight is 790 g/mol. The summed E-state index contributed by atoms with van der Waals surface area (Å²) >= 11 is 0. The third-order valence-corrected chi connectivity index (χ3v) is 10.5. The maximum atomic E-state index is 12.6. The molecule has 0 aromatic carbocycles. The van der Waals surface area contributed by atoms with Gasteiger partial charge in [-0.05, 0) is 38.5 Å². The van der Waals surface area contributed by atoms with Crippen LogP contribution in [0.3, 0.4) is 0 Å². The summed E-state index contributed by atoms with van der Waals surface area (Å²) in [5, 5.41) is 8.88. The highest BCUT2D eigenvalue weighted by molar-refractivity contribution is 7.47. The van der Waals surface area contributed by atoms with Crippen LogP contribution in [-0.2, 0) is 37.5 Å². The fraction of sp³-hybridized carbons (Fsp3) is 0.881. The van der Waals surface area contributed by atoms with Crippen molar-refractivity contribution in [2.75, 3.05) is 19.8 Å². The number of carbonyl (C=O) groups excluding carboxylic acids is 2. The van der Waals surface area contributed by atoms with E-state index in [2.05, 4.69) is 30.5 Å². The number of phosphoric ester groups is 1. The third kappa shape index (κ3) is 37.2. The summed E-state index contributed by atoms with van der Waals surface area (Å²) in [5.74, 6) is -2.37. The molecule has 0 spiro atoms. The highest BCUT2D eigenvalue weighted by Gasteiger charge is 2.28. The summed E-state index contributed by atoms with van der Waals surface area (Å²) in [6.45, 7) is 2.80.